The molecule has 14 heavy (non-hydrogen) atoms. The predicted octanol–water partition coefficient (Wildman–Crippen LogP) is 3.11. The van der Waals surface area contributed by atoms with Crippen molar-refractivity contribution in [3.8, 4) is 12.0 Å². The first-order chi connectivity index (χ1) is 6.65. The molecule has 0 aromatic carbocycles. The van der Waals surface area contributed by atoms with Crippen LogP contribution in [-0.2, 0) is 0 Å². The molecule has 0 amide bonds. The third-order valence-corrected chi connectivity index (χ3v) is 2.00. The van der Waals surface area contributed by atoms with Gasteiger partial charge in [0, 0.05) is 5.69 Å². The van der Waals surface area contributed by atoms with E-state index in [1.165, 1.54) is 0 Å². The molecule has 2 nitrogen and oxygen atoms in total. The summed E-state index contributed by atoms with van der Waals surface area (Å²) in [6.45, 7) is 1.80. The molecule has 0 saturated carbocycles. The molecule has 0 atom stereocenters. The lowest BCUT2D eigenvalue weighted by Crippen LogP contribution is -1.87. The minimum Gasteiger partial charge on any atom is -0.240 e. The van der Waals surface area contributed by atoms with Gasteiger partial charge in [0.2, 0.25) is 0 Å². The van der Waals surface area contributed by atoms with Gasteiger partial charge in [-0.15, -0.1) is 4.99 Å². The quantitative estimate of drug-likeness (QED) is 0.303. The molecule has 0 spiro atoms. The van der Waals surface area contributed by atoms with Gasteiger partial charge in [0.15, 0.2) is 0 Å². The Labute approximate surface area is 97.0 Å². The highest BCUT2D eigenvalue weighted by atomic mass is 35.5. The first-order valence-electron chi connectivity index (χ1n) is 3.55. The van der Waals surface area contributed by atoms with Crippen molar-refractivity contribution in [2.45, 2.75) is 6.92 Å². The summed E-state index contributed by atoms with van der Waals surface area (Å²) in [5.74, 6) is 2.64. The molecule has 1 aromatic heterocycles. The highest BCUT2D eigenvalue weighted by molar-refractivity contribution is 7.78. The number of aromatic nitrogens is 1. The lowest BCUT2D eigenvalue weighted by molar-refractivity contribution is 1.19. The minimum atomic E-state index is 0.266. The number of hydrogen-bond acceptors (Lipinski definition) is 3. The second-order valence-electron chi connectivity index (χ2n) is 2.35. The zero-order chi connectivity index (χ0) is 10.6. The van der Waals surface area contributed by atoms with Crippen LogP contribution in [0.3, 0.4) is 0 Å². The van der Waals surface area contributed by atoms with Gasteiger partial charge in [0.1, 0.15) is 5.15 Å². The van der Waals surface area contributed by atoms with Crippen molar-refractivity contribution >= 4 is 40.6 Å². The van der Waals surface area contributed by atoms with Gasteiger partial charge >= 0.3 is 0 Å². The van der Waals surface area contributed by atoms with E-state index in [2.05, 4.69) is 39.3 Å². The smallest absolute Gasteiger partial charge is 0.146 e. The molecule has 70 valence electrons. The monoisotopic (exact) mass is 242 g/mol. The van der Waals surface area contributed by atoms with Crippen molar-refractivity contribution in [3.05, 3.63) is 27.5 Å². The number of rotatable bonds is 0. The molecule has 0 unspecified atom stereocenters. The Morgan fingerprint density at radius 3 is 2.79 bits per heavy atom. The molecule has 5 heteroatoms. The van der Waals surface area contributed by atoms with Crippen LogP contribution in [0.15, 0.2) is 11.1 Å². The van der Waals surface area contributed by atoms with Gasteiger partial charge in [0.05, 0.1) is 21.8 Å². The van der Waals surface area contributed by atoms with E-state index in [0.717, 1.165) is 5.69 Å². The van der Waals surface area contributed by atoms with Gasteiger partial charge in [-0.05, 0) is 31.1 Å². The van der Waals surface area contributed by atoms with Gasteiger partial charge in [-0.25, -0.2) is 4.98 Å². The molecule has 0 aliphatic carbocycles. The second kappa shape index (κ2) is 5.09. The number of isothiocyanates is 1. The van der Waals surface area contributed by atoms with E-state index in [1.54, 1.807) is 13.0 Å². The Morgan fingerprint density at radius 1 is 1.50 bits per heavy atom. The summed E-state index contributed by atoms with van der Waals surface area (Å²) in [7, 11) is 0. The zero-order valence-electron chi connectivity index (χ0n) is 7.14. The predicted molar refractivity (Wildman–Crippen MR) is 60.9 cm³/mol. The Morgan fingerprint density at radius 2 is 2.21 bits per heavy atom. The lowest BCUT2D eigenvalue weighted by atomic mass is 10.2. The Bertz CT molecular complexity index is 444. The summed E-state index contributed by atoms with van der Waals surface area (Å²) >= 11 is 16.1. The van der Waals surface area contributed by atoms with Crippen LogP contribution in [0.25, 0.3) is 0 Å². The maximum Gasteiger partial charge on any atom is 0.146 e. The molecule has 1 heterocycles. The number of aliphatic imine (C=N–C) groups is 1. The fourth-order valence-electron chi connectivity index (χ4n) is 0.815. The van der Waals surface area contributed by atoms with E-state index in [-0.39, 0.29) is 5.15 Å². The van der Waals surface area contributed by atoms with Crippen molar-refractivity contribution < 1.29 is 0 Å². The lowest BCUT2D eigenvalue weighted by Gasteiger charge is -1.99. The van der Waals surface area contributed by atoms with Crippen LogP contribution < -0.4 is 0 Å². The molecule has 0 N–H and O–H groups in total. The summed E-state index contributed by atoms with van der Waals surface area (Å²) in [5.41, 5.74) is 1.19. The van der Waals surface area contributed by atoms with Crippen molar-refractivity contribution in [2.24, 2.45) is 4.99 Å². The van der Waals surface area contributed by atoms with Crippen molar-refractivity contribution in [3.63, 3.8) is 0 Å². The van der Waals surface area contributed by atoms with Crippen LogP contribution in [0.1, 0.15) is 11.3 Å². The number of hydrogen-bond donors (Lipinski definition) is 0. The highest BCUT2D eigenvalue weighted by Crippen LogP contribution is 2.22. The maximum atomic E-state index is 5.90. The molecule has 0 bridgehead atoms. The van der Waals surface area contributed by atoms with E-state index in [1.807, 2.05) is 0 Å². The molecule has 0 aliphatic rings. The minimum absolute atomic E-state index is 0.266. The summed E-state index contributed by atoms with van der Waals surface area (Å²) in [6.07, 6.45) is 0. The second-order valence-corrected chi connectivity index (χ2v) is 3.30. The summed E-state index contributed by atoms with van der Waals surface area (Å²) in [6, 6.07) is 4.08. The number of thiocarbonyl (C=S) groups is 1. The molecule has 0 fully saturated rings. The SMILES string of the molecule is Cc1cc(Cl)c(C#CN=C=S)c(Cl)n1. The summed E-state index contributed by atoms with van der Waals surface area (Å²) < 4.78 is 0. The standard InChI is InChI=1S/C9H4Cl2N2S/c1-6-4-8(10)7(9(11)13-6)2-3-12-5-14/h4H,1H3. The number of nitrogens with zero attached hydrogens (tertiary/aromatic N) is 2. The van der Waals surface area contributed by atoms with Crippen molar-refractivity contribution in [2.75, 3.05) is 0 Å². The molecular weight excluding hydrogens is 239 g/mol. The third-order valence-electron chi connectivity index (χ3n) is 1.34. The van der Waals surface area contributed by atoms with Crippen LogP contribution in [-0.4, -0.2) is 10.1 Å². The summed E-state index contributed by atoms with van der Waals surface area (Å²) in [5, 5.41) is 2.84. The van der Waals surface area contributed by atoms with Gasteiger partial charge in [-0.1, -0.05) is 23.2 Å². The van der Waals surface area contributed by atoms with E-state index in [9.17, 15) is 0 Å². The zero-order valence-corrected chi connectivity index (χ0v) is 9.46. The Balaban J connectivity index is 3.23. The average molecular weight is 243 g/mol. The van der Waals surface area contributed by atoms with Gasteiger partial charge in [-0.2, -0.15) is 0 Å². The Hall–Kier alpha value is -0.910. The summed E-state index contributed by atoms with van der Waals surface area (Å²) in [4.78, 5) is 7.43. The van der Waals surface area contributed by atoms with Crippen molar-refractivity contribution in [1.82, 2.24) is 4.98 Å². The van der Waals surface area contributed by atoms with E-state index in [4.69, 9.17) is 23.2 Å². The van der Waals surface area contributed by atoms with Crippen LogP contribution >= 0.6 is 35.4 Å². The van der Waals surface area contributed by atoms with Crippen LogP contribution in [0.4, 0.5) is 0 Å². The van der Waals surface area contributed by atoms with Crippen LogP contribution in [0.5, 0.6) is 0 Å². The number of aryl methyl sites for hydroxylation is 1. The van der Waals surface area contributed by atoms with E-state index >= 15 is 0 Å². The van der Waals surface area contributed by atoms with Crippen molar-refractivity contribution in [1.29, 1.82) is 0 Å². The fourth-order valence-corrected chi connectivity index (χ4v) is 1.49. The molecular formula is C9H4Cl2N2S. The normalized spacial score (nSPS) is 8.50. The van der Waals surface area contributed by atoms with Gasteiger partial charge < -0.3 is 0 Å². The number of pyridine rings is 1. The Kier molecular flexibility index (Phi) is 4.06. The third kappa shape index (κ3) is 2.80. The molecule has 0 radical (unpaired) electrons. The number of halogens is 2. The molecule has 0 saturated heterocycles. The molecule has 1 aromatic rings. The average Bonchev–Trinajstić information content (AvgIpc) is 2.09. The van der Waals surface area contributed by atoms with Crippen LogP contribution in [0.2, 0.25) is 10.2 Å². The fraction of sp³-hybridized carbons (Fsp3) is 0.111. The first-order valence-corrected chi connectivity index (χ1v) is 4.72. The van der Waals surface area contributed by atoms with Gasteiger partial charge in [0.25, 0.3) is 0 Å². The molecule has 1 rings (SSSR count). The molecule has 0 aliphatic heterocycles. The van der Waals surface area contributed by atoms with Gasteiger partial charge in [-0.3, -0.25) is 0 Å². The van der Waals surface area contributed by atoms with E-state index < -0.39 is 0 Å². The highest BCUT2D eigenvalue weighted by Gasteiger charge is 2.05. The topological polar surface area (TPSA) is 25.2 Å². The first kappa shape index (κ1) is 11.2. The maximum absolute atomic E-state index is 5.90. The largest absolute Gasteiger partial charge is 0.240 e. The van der Waals surface area contributed by atoms with Crippen LogP contribution in [0, 0.1) is 18.9 Å². The van der Waals surface area contributed by atoms with E-state index in [0.29, 0.717) is 10.6 Å².